The zero-order valence-corrected chi connectivity index (χ0v) is 27.5. The summed E-state index contributed by atoms with van der Waals surface area (Å²) in [4.78, 5) is 0. The highest BCUT2D eigenvalue weighted by Gasteiger charge is 2.45. The summed E-state index contributed by atoms with van der Waals surface area (Å²) in [6.45, 7) is 9.00. The maximum atomic E-state index is 10.2. The lowest BCUT2D eigenvalue weighted by molar-refractivity contribution is 0.250. The summed E-state index contributed by atoms with van der Waals surface area (Å²) in [5, 5.41) is 17.7. The largest absolute Gasteiger partial charge is 0.508 e. The standard InChI is InChI=1S/C49H32O/c1-3-36-29-8-10-31(11-9-29)43-25-44-32-12-14-34(15-13-32)46-24-41(47(36)46)27(2)28-4-6-30(7-5-28)42-26-45(33-16-18-35(50)19-17-33)40-23-22-39(44)48-38(43)21-20-37(42)49(40)48/h4-23,25-26,41,46-47,50H,1-2,24H2/t41-,46+,47+/m0/s1. The highest BCUT2D eigenvalue weighted by molar-refractivity contribution is 6.32. The molecule has 1 N–H and O–H groups in total. The molecule has 50 heavy (non-hydrogen) atoms. The summed E-state index contributed by atoms with van der Waals surface area (Å²) < 4.78 is 0. The predicted molar refractivity (Wildman–Crippen MR) is 209 cm³/mol. The lowest BCUT2D eigenvalue weighted by Crippen LogP contribution is -2.36. The number of rotatable bonds is 1. The van der Waals surface area contributed by atoms with Gasteiger partial charge in [0.1, 0.15) is 5.75 Å². The van der Waals surface area contributed by atoms with Crippen LogP contribution in [0.25, 0.3) is 88.0 Å². The van der Waals surface area contributed by atoms with Gasteiger partial charge in [-0.1, -0.05) is 122 Å². The van der Waals surface area contributed by atoms with Crippen molar-refractivity contribution >= 4 is 43.5 Å². The summed E-state index contributed by atoms with van der Waals surface area (Å²) in [5.74, 6) is 1.15. The zero-order chi connectivity index (χ0) is 33.2. The molecule has 1 nitrogen and oxygen atoms in total. The van der Waals surface area contributed by atoms with E-state index >= 15 is 0 Å². The number of hydrogen-bond acceptors (Lipinski definition) is 1. The van der Waals surface area contributed by atoms with E-state index in [1.807, 2.05) is 12.1 Å². The van der Waals surface area contributed by atoms with E-state index in [1.54, 1.807) is 12.1 Å². The van der Waals surface area contributed by atoms with E-state index in [1.165, 1.54) is 93.5 Å². The fourth-order valence-electron chi connectivity index (χ4n) is 9.57. The van der Waals surface area contributed by atoms with Gasteiger partial charge >= 0.3 is 0 Å². The maximum Gasteiger partial charge on any atom is 0.115 e. The molecule has 8 aromatic carbocycles. The SMILES string of the molecule is C=C=C1c2ccc(cc2)-c2cc3c4ccc5c(-c6ccc(O)cc6)cc(c6ccc2c4c56)-c2ccc(cc2)C(=C)[C@@H]2C[C@H](c4ccc-3cc4)[C@H]12. The molecule has 0 heterocycles. The first-order valence-corrected chi connectivity index (χ1v) is 17.5. The van der Waals surface area contributed by atoms with Gasteiger partial charge in [-0.2, -0.15) is 0 Å². The molecule has 0 aliphatic heterocycles. The van der Waals surface area contributed by atoms with Crippen LogP contribution >= 0.6 is 0 Å². The first-order valence-electron chi connectivity index (χ1n) is 17.5. The monoisotopic (exact) mass is 636 g/mol. The molecule has 0 radical (unpaired) electrons. The van der Waals surface area contributed by atoms with Gasteiger partial charge in [0.05, 0.1) is 0 Å². The van der Waals surface area contributed by atoms with Crippen molar-refractivity contribution in [1.82, 2.24) is 0 Å². The predicted octanol–water partition coefficient (Wildman–Crippen LogP) is 12.9. The Kier molecular flexibility index (Phi) is 5.53. The normalized spacial score (nSPS) is 18.6. The molecule has 1 fully saturated rings. The molecular weight excluding hydrogens is 605 g/mol. The van der Waals surface area contributed by atoms with Crippen molar-refractivity contribution in [3.8, 4) is 50.3 Å². The van der Waals surface area contributed by atoms with Crippen LogP contribution in [0.1, 0.15) is 29.0 Å². The van der Waals surface area contributed by atoms with E-state index in [2.05, 4.69) is 122 Å². The van der Waals surface area contributed by atoms with Crippen LogP contribution < -0.4 is 0 Å². The number of aromatic hydroxyl groups is 1. The van der Waals surface area contributed by atoms with Gasteiger partial charge in [0, 0.05) is 11.5 Å². The van der Waals surface area contributed by atoms with Crippen LogP contribution in [0.4, 0.5) is 0 Å². The molecule has 1 heteroatoms. The van der Waals surface area contributed by atoms with Crippen molar-refractivity contribution < 1.29 is 5.11 Å². The molecule has 0 spiro atoms. The minimum absolute atomic E-state index is 0.235. The molecular formula is C49H32O. The minimum Gasteiger partial charge on any atom is -0.508 e. The van der Waals surface area contributed by atoms with Crippen LogP contribution in [0.2, 0.25) is 0 Å². The fraction of sp³-hybridized carbons (Fsp3) is 0.0816. The Balaban J connectivity index is 1.36. The molecule has 19 rings (SSSR count). The van der Waals surface area contributed by atoms with E-state index < -0.39 is 0 Å². The summed E-state index contributed by atoms with van der Waals surface area (Å²) in [5.41, 5.74) is 19.1. The van der Waals surface area contributed by atoms with E-state index in [0.29, 0.717) is 5.92 Å². The molecule has 3 atom stereocenters. The first kappa shape index (κ1) is 27.8. The molecule has 17 bridgehead atoms. The fourth-order valence-corrected chi connectivity index (χ4v) is 9.57. The summed E-state index contributed by atoms with van der Waals surface area (Å²) in [7, 11) is 0. The molecule has 11 aliphatic rings. The third-order valence-corrected chi connectivity index (χ3v) is 12.1. The maximum absolute atomic E-state index is 10.2. The van der Waals surface area contributed by atoms with Gasteiger partial charge in [-0.15, -0.1) is 5.73 Å². The van der Waals surface area contributed by atoms with E-state index in [9.17, 15) is 5.11 Å². The van der Waals surface area contributed by atoms with Gasteiger partial charge in [-0.3, -0.25) is 0 Å². The second-order valence-electron chi connectivity index (χ2n) is 14.4. The third-order valence-electron chi connectivity index (χ3n) is 12.1. The average Bonchev–Trinajstić information content (AvgIpc) is 3.15. The highest BCUT2D eigenvalue weighted by Crippen LogP contribution is 2.58. The van der Waals surface area contributed by atoms with Gasteiger partial charge in [0.2, 0.25) is 0 Å². The van der Waals surface area contributed by atoms with E-state index in [4.69, 9.17) is 6.58 Å². The van der Waals surface area contributed by atoms with E-state index in [-0.39, 0.29) is 17.6 Å². The van der Waals surface area contributed by atoms with Crippen LogP contribution in [-0.4, -0.2) is 5.11 Å². The number of phenolic OH excluding ortho intramolecular Hbond substituents is 1. The summed E-state index contributed by atoms with van der Waals surface area (Å²) in [6, 6.07) is 49.3. The third kappa shape index (κ3) is 3.68. The van der Waals surface area contributed by atoms with Crippen molar-refractivity contribution in [3.63, 3.8) is 0 Å². The smallest absolute Gasteiger partial charge is 0.115 e. The molecule has 0 amide bonds. The van der Waals surface area contributed by atoms with Crippen molar-refractivity contribution in [2.45, 2.75) is 12.3 Å². The Morgan fingerprint density at radius 2 is 0.880 bits per heavy atom. The van der Waals surface area contributed by atoms with Crippen molar-refractivity contribution in [1.29, 1.82) is 0 Å². The number of phenols is 1. The average molecular weight is 637 g/mol. The van der Waals surface area contributed by atoms with Crippen LogP contribution in [0, 0.1) is 11.8 Å². The summed E-state index contributed by atoms with van der Waals surface area (Å²) in [6.07, 6.45) is 1.04. The van der Waals surface area contributed by atoms with Crippen LogP contribution in [0.3, 0.4) is 0 Å². The summed E-state index contributed by atoms with van der Waals surface area (Å²) >= 11 is 0. The molecule has 8 aromatic rings. The Morgan fingerprint density at radius 1 is 0.480 bits per heavy atom. The van der Waals surface area contributed by atoms with Crippen LogP contribution in [0.15, 0.2) is 152 Å². The Morgan fingerprint density at radius 3 is 1.34 bits per heavy atom. The lowest BCUT2D eigenvalue weighted by Gasteiger charge is -2.47. The Hall–Kier alpha value is -6.14. The van der Waals surface area contributed by atoms with Gasteiger partial charge < -0.3 is 5.11 Å². The molecule has 11 aliphatic carbocycles. The van der Waals surface area contributed by atoms with Crippen molar-refractivity contribution in [3.05, 3.63) is 169 Å². The molecule has 0 aromatic heterocycles. The quantitative estimate of drug-likeness (QED) is 0.140. The second kappa shape index (κ2) is 9.95. The van der Waals surface area contributed by atoms with Gasteiger partial charge in [0.15, 0.2) is 0 Å². The van der Waals surface area contributed by atoms with E-state index in [0.717, 1.165) is 17.5 Å². The number of allylic oxidation sites excluding steroid dienone is 2. The van der Waals surface area contributed by atoms with Crippen LogP contribution in [-0.2, 0) is 0 Å². The Labute approximate surface area is 291 Å². The molecule has 234 valence electrons. The minimum atomic E-state index is 0.235. The van der Waals surface area contributed by atoms with Gasteiger partial charge in [-0.05, 0) is 142 Å². The number of hydrogen-bond donors (Lipinski definition) is 1. The zero-order valence-electron chi connectivity index (χ0n) is 27.5. The second-order valence-corrected chi connectivity index (χ2v) is 14.4. The number of benzene rings is 8. The topological polar surface area (TPSA) is 20.2 Å². The first-order chi connectivity index (χ1) is 24.6. The molecule has 0 unspecified atom stereocenters. The van der Waals surface area contributed by atoms with Gasteiger partial charge in [-0.25, -0.2) is 0 Å². The Bertz CT molecular complexity index is 2770. The van der Waals surface area contributed by atoms with Crippen molar-refractivity contribution in [2.75, 3.05) is 0 Å². The highest BCUT2D eigenvalue weighted by atomic mass is 16.3. The van der Waals surface area contributed by atoms with Gasteiger partial charge in [0.25, 0.3) is 0 Å². The van der Waals surface area contributed by atoms with Crippen LogP contribution in [0.5, 0.6) is 5.75 Å². The van der Waals surface area contributed by atoms with Crippen molar-refractivity contribution in [2.24, 2.45) is 11.8 Å². The lowest BCUT2D eigenvalue weighted by atomic mass is 9.56. The molecule has 0 saturated heterocycles. The molecule has 1 saturated carbocycles.